The summed E-state index contributed by atoms with van der Waals surface area (Å²) in [6.45, 7) is 4.21. The normalized spacial score (nSPS) is 17.2. The molecular weight excluding hydrogens is 262 g/mol. The summed E-state index contributed by atoms with van der Waals surface area (Å²) < 4.78 is 10.5. The van der Waals surface area contributed by atoms with Gasteiger partial charge >= 0.3 is 0 Å². The van der Waals surface area contributed by atoms with Crippen molar-refractivity contribution < 1.29 is 9.47 Å². The van der Waals surface area contributed by atoms with Gasteiger partial charge in [-0.2, -0.15) is 0 Å². The van der Waals surface area contributed by atoms with E-state index in [-0.39, 0.29) is 5.41 Å². The lowest BCUT2D eigenvalue weighted by Gasteiger charge is -2.43. The highest BCUT2D eigenvalue weighted by atomic mass is 35.5. The maximum Gasteiger partial charge on any atom is 0.0700 e. The monoisotopic (exact) mass is 283 g/mol. The Morgan fingerprint density at radius 3 is 2.74 bits per heavy atom. The molecule has 0 radical (unpaired) electrons. The van der Waals surface area contributed by atoms with Crippen molar-refractivity contribution in [2.24, 2.45) is 0 Å². The molecule has 1 aliphatic rings. The van der Waals surface area contributed by atoms with Crippen molar-refractivity contribution >= 4 is 11.6 Å². The first kappa shape index (κ1) is 14.8. The van der Waals surface area contributed by atoms with Gasteiger partial charge in [0, 0.05) is 37.2 Å². The zero-order valence-corrected chi connectivity index (χ0v) is 12.2. The summed E-state index contributed by atoms with van der Waals surface area (Å²) in [5.74, 6) is 0. The number of rotatable bonds is 8. The predicted octanol–water partition coefficient (Wildman–Crippen LogP) is 2.62. The number of ether oxygens (including phenoxy) is 2. The van der Waals surface area contributed by atoms with Gasteiger partial charge in [0.15, 0.2) is 0 Å². The van der Waals surface area contributed by atoms with Crippen LogP contribution in [0.5, 0.6) is 0 Å². The van der Waals surface area contributed by atoms with E-state index in [9.17, 15) is 0 Å². The maximum atomic E-state index is 6.09. The molecule has 19 heavy (non-hydrogen) atoms. The summed E-state index contributed by atoms with van der Waals surface area (Å²) in [6, 6.07) is 8.23. The van der Waals surface area contributed by atoms with Gasteiger partial charge in [0.2, 0.25) is 0 Å². The van der Waals surface area contributed by atoms with Crippen LogP contribution in [0, 0.1) is 0 Å². The Bertz CT molecular complexity index is 393. The van der Waals surface area contributed by atoms with E-state index >= 15 is 0 Å². The van der Waals surface area contributed by atoms with Crippen LogP contribution in [-0.2, 0) is 14.9 Å². The summed E-state index contributed by atoms with van der Waals surface area (Å²) in [7, 11) is 1.69. The number of hydrogen-bond donors (Lipinski definition) is 1. The second-order valence-electron chi connectivity index (χ2n) is 5.10. The van der Waals surface area contributed by atoms with Crippen LogP contribution in [0.25, 0.3) is 0 Å². The standard InChI is InChI=1S/C15H22ClNO2/c1-18-8-9-19-7-3-6-15(11-17-12-15)13-4-2-5-14(16)10-13/h2,4-5,10,17H,3,6-9,11-12H2,1H3. The molecule has 106 valence electrons. The van der Waals surface area contributed by atoms with E-state index in [1.54, 1.807) is 7.11 Å². The zero-order chi connectivity index (χ0) is 13.6. The Morgan fingerprint density at radius 2 is 2.11 bits per heavy atom. The molecule has 0 unspecified atom stereocenters. The molecule has 0 atom stereocenters. The molecule has 1 fully saturated rings. The highest BCUT2D eigenvalue weighted by Gasteiger charge is 2.37. The average molecular weight is 284 g/mol. The Kier molecular flexibility index (Phi) is 5.64. The van der Waals surface area contributed by atoms with Gasteiger partial charge in [-0.3, -0.25) is 0 Å². The fourth-order valence-electron chi connectivity index (χ4n) is 2.53. The van der Waals surface area contributed by atoms with Crippen LogP contribution in [0.4, 0.5) is 0 Å². The Balaban J connectivity index is 1.82. The second-order valence-corrected chi connectivity index (χ2v) is 5.54. The Morgan fingerprint density at radius 1 is 1.26 bits per heavy atom. The molecule has 1 aromatic carbocycles. The van der Waals surface area contributed by atoms with Crippen molar-refractivity contribution in [3.8, 4) is 0 Å². The lowest BCUT2D eigenvalue weighted by Crippen LogP contribution is -2.56. The van der Waals surface area contributed by atoms with Crippen molar-refractivity contribution in [3.63, 3.8) is 0 Å². The van der Waals surface area contributed by atoms with Crippen LogP contribution in [-0.4, -0.2) is 40.0 Å². The van der Waals surface area contributed by atoms with E-state index in [0.717, 1.165) is 37.6 Å². The first-order chi connectivity index (χ1) is 9.27. The summed E-state index contributed by atoms with van der Waals surface area (Å²) in [6.07, 6.45) is 2.20. The largest absolute Gasteiger partial charge is 0.382 e. The molecule has 0 spiro atoms. The SMILES string of the molecule is COCCOCCCC1(c2cccc(Cl)c2)CNC1. The number of halogens is 1. The van der Waals surface area contributed by atoms with E-state index < -0.39 is 0 Å². The van der Waals surface area contributed by atoms with E-state index in [4.69, 9.17) is 21.1 Å². The molecule has 0 bridgehead atoms. The highest BCUT2D eigenvalue weighted by Crippen LogP contribution is 2.34. The maximum absolute atomic E-state index is 6.09. The van der Waals surface area contributed by atoms with Gasteiger partial charge in [-0.25, -0.2) is 0 Å². The molecular formula is C15H22ClNO2. The van der Waals surface area contributed by atoms with E-state index in [1.165, 1.54) is 5.56 Å². The van der Waals surface area contributed by atoms with E-state index in [2.05, 4.69) is 17.4 Å². The zero-order valence-electron chi connectivity index (χ0n) is 11.5. The third kappa shape index (κ3) is 3.93. The summed E-state index contributed by atoms with van der Waals surface area (Å²) in [5.41, 5.74) is 1.59. The first-order valence-electron chi connectivity index (χ1n) is 6.80. The molecule has 1 heterocycles. The molecule has 1 aliphatic heterocycles. The number of nitrogens with one attached hydrogen (secondary N) is 1. The Hall–Kier alpha value is -0.610. The van der Waals surface area contributed by atoms with Gasteiger partial charge in [-0.1, -0.05) is 23.7 Å². The molecule has 3 nitrogen and oxygen atoms in total. The first-order valence-corrected chi connectivity index (χ1v) is 7.18. The molecule has 1 saturated heterocycles. The summed E-state index contributed by atoms with van der Waals surface area (Å²) in [4.78, 5) is 0. The highest BCUT2D eigenvalue weighted by molar-refractivity contribution is 6.30. The average Bonchev–Trinajstić information content (AvgIpc) is 2.36. The van der Waals surface area contributed by atoms with Crippen LogP contribution in [0.15, 0.2) is 24.3 Å². The lowest BCUT2D eigenvalue weighted by atomic mass is 9.72. The molecule has 0 amide bonds. The van der Waals surface area contributed by atoms with Crippen molar-refractivity contribution in [2.75, 3.05) is 40.0 Å². The quantitative estimate of drug-likeness (QED) is 0.744. The van der Waals surface area contributed by atoms with Gasteiger partial charge in [0.05, 0.1) is 13.2 Å². The van der Waals surface area contributed by atoms with Crippen LogP contribution in [0.2, 0.25) is 5.02 Å². The third-order valence-corrected chi connectivity index (χ3v) is 3.97. The van der Waals surface area contributed by atoms with Crippen molar-refractivity contribution in [1.29, 1.82) is 0 Å². The van der Waals surface area contributed by atoms with Crippen molar-refractivity contribution in [3.05, 3.63) is 34.9 Å². The molecule has 1 aromatic rings. The molecule has 0 aliphatic carbocycles. The van der Waals surface area contributed by atoms with E-state index in [1.807, 2.05) is 12.1 Å². The van der Waals surface area contributed by atoms with Crippen LogP contribution in [0.3, 0.4) is 0 Å². The van der Waals surface area contributed by atoms with Gasteiger partial charge in [0.1, 0.15) is 0 Å². The minimum Gasteiger partial charge on any atom is -0.382 e. The van der Waals surface area contributed by atoms with E-state index in [0.29, 0.717) is 13.2 Å². The van der Waals surface area contributed by atoms with Crippen molar-refractivity contribution in [2.45, 2.75) is 18.3 Å². The lowest BCUT2D eigenvalue weighted by molar-refractivity contribution is 0.0644. The van der Waals surface area contributed by atoms with Crippen LogP contribution >= 0.6 is 11.6 Å². The molecule has 4 heteroatoms. The number of hydrogen-bond acceptors (Lipinski definition) is 3. The number of benzene rings is 1. The fraction of sp³-hybridized carbons (Fsp3) is 0.600. The molecule has 0 aromatic heterocycles. The molecule has 2 rings (SSSR count). The Labute approximate surface area is 120 Å². The van der Waals surface area contributed by atoms with Gasteiger partial charge in [-0.05, 0) is 30.5 Å². The molecule has 1 N–H and O–H groups in total. The second kappa shape index (κ2) is 7.25. The fourth-order valence-corrected chi connectivity index (χ4v) is 2.72. The summed E-state index contributed by atoms with van der Waals surface area (Å²) >= 11 is 6.09. The van der Waals surface area contributed by atoms with Crippen LogP contribution in [0.1, 0.15) is 18.4 Å². The smallest absolute Gasteiger partial charge is 0.0700 e. The predicted molar refractivity (Wildman–Crippen MR) is 77.9 cm³/mol. The van der Waals surface area contributed by atoms with Gasteiger partial charge in [0.25, 0.3) is 0 Å². The molecule has 0 saturated carbocycles. The summed E-state index contributed by atoms with van der Waals surface area (Å²) in [5, 5.41) is 4.20. The van der Waals surface area contributed by atoms with Crippen LogP contribution < -0.4 is 5.32 Å². The minimum absolute atomic E-state index is 0.246. The third-order valence-electron chi connectivity index (χ3n) is 3.74. The topological polar surface area (TPSA) is 30.5 Å². The van der Waals surface area contributed by atoms with Gasteiger partial charge in [-0.15, -0.1) is 0 Å². The van der Waals surface area contributed by atoms with Crippen molar-refractivity contribution in [1.82, 2.24) is 5.32 Å². The number of methoxy groups -OCH3 is 1. The minimum atomic E-state index is 0.246. The van der Waals surface area contributed by atoms with Gasteiger partial charge < -0.3 is 14.8 Å².